The number of aromatic nitrogens is 2. The van der Waals surface area contributed by atoms with Crippen LogP contribution in [0, 0.1) is 10.1 Å². The van der Waals surface area contributed by atoms with E-state index in [1.165, 1.54) is 12.1 Å². The molecule has 0 aliphatic heterocycles. The van der Waals surface area contributed by atoms with Crippen LogP contribution in [0.15, 0.2) is 64.2 Å². The summed E-state index contributed by atoms with van der Waals surface area (Å²) >= 11 is 1.13. The molecule has 0 saturated carbocycles. The number of non-ortho nitro benzene ring substituents is 1. The zero-order valence-corrected chi connectivity index (χ0v) is 16.1. The Morgan fingerprint density at radius 3 is 2.68 bits per heavy atom. The van der Waals surface area contributed by atoms with Crippen LogP contribution in [0.4, 0.5) is 5.69 Å². The molecule has 0 spiro atoms. The fourth-order valence-corrected chi connectivity index (χ4v) is 3.22. The second-order valence-corrected chi connectivity index (χ2v) is 6.99. The minimum Gasteiger partial charge on any atom is -0.411 e. The van der Waals surface area contributed by atoms with Crippen molar-refractivity contribution in [2.24, 2.45) is 0 Å². The van der Waals surface area contributed by atoms with Gasteiger partial charge in [0, 0.05) is 24.7 Å². The van der Waals surface area contributed by atoms with Crippen molar-refractivity contribution in [2.75, 3.05) is 12.8 Å². The smallest absolute Gasteiger partial charge is 0.277 e. The Hall–Kier alpha value is -3.20. The van der Waals surface area contributed by atoms with Crippen LogP contribution in [0.25, 0.3) is 11.5 Å². The molecule has 8 nitrogen and oxygen atoms in total. The lowest BCUT2D eigenvalue weighted by Gasteiger charge is -2.25. The van der Waals surface area contributed by atoms with Crippen LogP contribution in [-0.2, 0) is 4.79 Å². The van der Waals surface area contributed by atoms with E-state index in [0.717, 1.165) is 17.3 Å². The maximum Gasteiger partial charge on any atom is 0.277 e. The summed E-state index contributed by atoms with van der Waals surface area (Å²) in [6, 6.07) is 15.7. The summed E-state index contributed by atoms with van der Waals surface area (Å²) in [5.74, 6) is 0.241. The molecule has 1 aromatic heterocycles. The van der Waals surface area contributed by atoms with Gasteiger partial charge in [-0.15, -0.1) is 10.2 Å². The van der Waals surface area contributed by atoms with Crippen LogP contribution in [-0.4, -0.2) is 38.7 Å². The molecule has 0 radical (unpaired) electrons. The summed E-state index contributed by atoms with van der Waals surface area (Å²) in [5.41, 5.74) is 1.44. The summed E-state index contributed by atoms with van der Waals surface area (Å²) in [7, 11) is 1.75. The minimum absolute atomic E-state index is 0.0579. The molecule has 2 aromatic carbocycles. The fraction of sp³-hybridized carbons (Fsp3) is 0.211. The number of carbonyl (C=O) groups is 1. The summed E-state index contributed by atoms with van der Waals surface area (Å²) < 4.78 is 5.53. The molecule has 0 fully saturated rings. The lowest BCUT2D eigenvalue weighted by Crippen LogP contribution is -2.31. The molecule has 3 aromatic rings. The molecule has 0 aliphatic rings. The molecule has 144 valence electrons. The van der Waals surface area contributed by atoms with Crippen molar-refractivity contribution >= 4 is 23.4 Å². The maximum absolute atomic E-state index is 12.5. The molecule has 0 N–H and O–H groups in total. The van der Waals surface area contributed by atoms with Gasteiger partial charge in [0.2, 0.25) is 11.8 Å². The van der Waals surface area contributed by atoms with Crippen molar-refractivity contribution < 1.29 is 14.1 Å². The number of rotatable bonds is 7. The number of hydrogen-bond acceptors (Lipinski definition) is 7. The van der Waals surface area contributed by atoms with Crippen LogP contribution in [0.5, 0.6) is 0 Å². The molecular formula is C19H18N4O4S. The monoisotopic (exact) mass is 398 g/mol. The number of carbonyl (C=O) groups excluding carboxylic acids is 1. The van der Waals surface area contributed by atoms with Crippen LogP contribution in [0.2, 0.25) is 0 Å². The quantitative estimate of drug-likeness (QED) is 0.337. The third-order valence-electron chi connectivity index (χ3n) is 4.29. The van der Waals surface area contributed by atoms with Crippen molar-refractivity contribution in [2.45, 2.75) is 18.2 Å². The Morgan fingerprint density at radius 2 is 1.96 bits per heavy atom. The molecule has 9 heteroatoms. The topological polar surface area (TPSA) is 102 Å². The van der Waals surface area contributed by atoms with Gasteiger partial charge in [0.15, 0.2) is 0 Å². The molecule has 0 saturated heterocycles. The van der Waals surface area contributed by atoms with Gasteiger partial charge in [-0.1, -0.05) is 48.2 Å². The molecule has 1 heterocycles. The lowest BCUT2D eigenvalue weighted by atomic mass is 10.1. The maximum atomic E-state index is 12.5. The van der Waals surface area contributed by atoms with Gasteiger partial charge in [-0.25, -0.2) is 0 Å². The predicted molar refractivity (Wildman–Crippen MR) is 105 cm³/mol. The van der Waals surface area contributed by atoms with E-state index in [2.05, 4.69) is 10.2 Å². The van der Waals surface area contributed by atoms with Crippen LogP contribution < -0.4 is 0 Å². The Morgan fingerprint density at radius 1 is 1.21 bits per heavy atom. The van der Waals surface area contributed by atoms with Crippen molar-refractivity contribution in [1.29, 1.82) is 0 Å². The first-order valence-corrected chi connectivity index (χ1v) is 9.46. The number of nitro groups is 1. The average Bonchev–Trinajstić information content (AvgIpc) is 3.20. The van der Waals surface area contributed by atoms with E-state index >= 15 is 0 Å². The Labute approximate surface area is 165 Å². The minimum atomic E-state index is -0.488. The van der Waals surface area contributed by atoms with Crippen molar-refractivity contribution in [3.63, 3.8) is 0 Å². The molecule has 0 bridgehead atoms. The highest BCUT2D eigenvalue weighted by molar-refractivity contribution is 7.99. The highest BCUT2D eigenvalue weighted by atomic mass is 32.2. The Balaban J connectivity index is 1.62. The van der Waals surface area contributed by atoms with E-state index < -0.39 is 4.92 Å². The number of thioether (sulfide) groups is 1. The van der Waals surface area contributed by atoms with Gasteiger partial charge in [-0.2, -0.15) is 0 Å². The summed E-state index contributed by atoms with van der Waals surface area (Å²) in [5, 5.41) is 18.9. The highest BCUT2D eigenvalue weighted by Gasteiger charge is 2.19. The van der Waals surface area contributed by atoms with Gasteiger partial charge in [-0.05, 0) is 18.6 Å². The zero-order valence-electron chi connectivity index (χ0n) is 15.3. The molecular weight excluding hydrogens is 380 g/mol. The summed E-state index contributed by atoms with van der Waals surface area (Å²) in [6.45, 7) is 1.96. The number of nitro benzene ring substituents is 1. The van der Waals surface area contributed by atoms with Crippen molar-refractivity contribution in [1.82, 2.24) is 15.1 Å². The number of nitrogens with zero attached hydrogens (tertiary/aromatic N) is 4. The first-order chi connectivity index (χ1) is 13.5. The van der Waals surface area contributed by atoms with E-state index in [4.69, 9.17) is 4.42 Å². The molecule has 1 amide bonds. The Kier molecular flexibility index (Phi) is 6.05. The van der Waals surface area contributed by atoms with Gasteiger partial charge < -0.3 is 9.32 Å². The first-order valence-electron chi connectivity index (χ1n) is 8.47. The van der Waals surface area contributed by atoms with Gasteiger partial charge in [-0.3, -0.25) is 14.9 Å². The fourth-order valence-electron chi connectivity index (χ4n) is 2.53. The van der Waals surface area contributed by atoms with E-state index in [1.54, 1.807) is 24.1 Å². The van der Waals surface area contributed by atoms with Crippen molar-refractivity contribution in [3.8, 4) is 11.5 Å². The molecule has 1 atom stereocenters. The molecule has 0 aliphatic carbocycles. The lowest BCUT2D eigenvalue weighted by molar-refractivity contribution is -0.384. The summed E-state index contributed by atoms with van der Waals surface area (Å²) in [4.78, 5) is 24.5. The second-order valence-electron chi connectivity index (χ2n) is 6.06. The summed E-state index contributed by atoms with van der Waals surface area (Å²) in [6.07, 6.45) is 0. The molecule has 0 unspecified atom stereocenters. The molecule has 28 heavy (non-hydrogen) atoms. The van der Waals surface area contributed by atoms with E-state index in [-0.39, 0.29) is 34.5 Å². The van der Waals surface area contributed by atoms with E-state index in [0.29, 0.717) is 5.56 Å². The van der Waals surface area contributed by atoms with Crippen LogP contribution in [0.3, 0.4) is 0 Å². The predicted octanol–water partition coefficient (Wildman–Crippen LogP) is 3.96. The highest BCUT2D eigenvalue weighted by Crippen LogP contribution is 2.26. The SMILES string of the molecule is C[C@@H](c1ccccc1)N(C)C(=O)CSc1nnc(-c2cccc([N+](=O)[O-])c2)o1. The van der Waals surface area contributed by atoms with E-state index in [1.807, 2.05) is 37.3 Å². The first kappa shape index (κ1) is 19.6. The second kappa shape index (κ2) is 8.66. The number of hydrogen-bond donors (Lipinski definition) is 0. The number of amides is 1. The Bertz CT molecular complexity index is 977. The van der Waals surface area contributed by atoms with Gasteiger partial charge in [0.25, 0.3) is 10.9 Å². The standard InChI is InChI=1S/C19H18N4O4S/c1-13(14-7-4-3-5-8-14)22(2)17(24)12-28-19-21-20-18(27-19)15-9-6-10-16(11-15)23(25)26/h3-11,13H,12H2,1-2H3/t13-/m0/s1. The third-order valence-corrected chi connectivity index (χ3v) is 5.09. The van der Waals surface area contributed by atoms with Crippen LogP contribution in [0.1, 0.15) is 18.5 Å². The normalized spacial score (nSPS) is 11.8. The van der Waals surface area contributed by atoms with Gasteiger partial charge >= 0.3 is 0 Å². The van der Waals surface area contributed by atoms with Crippen molar-refractivity contribution in [3.05, 3.63) is 70.3 Å². The average molecular weight is 398 g/mol. The zero-order chi connectivity index (χ0) is 20.1. The van der Waals surface area contributed by atoms with Gasteiger partial charge in [0.05, 0.1) is 16.7 Å². The molecule has 3 rings (SSSR count). The largest absolute Gasteiger partial charge is 0.411 e. The van der Waals surface area contributed by atoms with Gasteiger partial charge in [0.1, 0.15) is 0 Å². The third kappa shape index (κ3) is 4.55. The van der Waals surface area contributed by atoms with E-state index in [9.17, 15) is 14.9 Å². The van der Waals surface area contributed by atoms with Crippen LogP contribution >= 0.6 is 11.8 Å². The number of benzene rings is 2.